The summed E-state index contributed by atoms with van der Waals surface area (Å²) in [7, 11) is -1.97. The molecule has 0 amide bonds. The lowest BCUT2D eigenvalue weighted by molar-refractivity contribution is 0.540. The Morgan fingerprint density at radius 2 is 2.00 bits per heavy atom. The second-order valence-corrected chi connectivity index (χ2v) is 3.52. The highest BCUT2D eigenvalue weighted by Gasteiger charge is 2.20. The molecule has 0 rings (SSSR count). The van der Waals surface area contributed by atoms with Gasteiger partial charge in [-0.25, -0.2) is 0 Å². The normalized spacial score (nSPS) is 12.4. The lowest BCUT2D eigenvalue weighted by atomic mass is 10.5. The van der Waals surface area contributed by atoms with E-state index in [9.17, 15) is 8.42 Å². The molecule has 0 heterocycles. The highest BCUT2D eigenvalue weighted by Crippen LogP contribution is 1.85. The van der Waals surface area contributed by atoms with Crippen molar-refractivity contribution >= 4 is 10.2 Å². The maximum absolute atomic E-state index is 10.4. The summed E-state index contributed by atoms with van der Waals surface area (Å²) in [5.41, 5.74) is 0. The highest BCUT2D eigenvalue weighted by molar-refractivity contribution is 7.87. The molecule has 1 radical (unpaired) electrons. The molecule has 0 atom stereocenters. The summed E-state index contributed by atoms with van der Waals surface area (Å²) in [5.74, 6) is 0. The van der Waals surface area contributed by atoms with Crippen LogP contribution in [0.1, 0.15) is 13.3 Å². The third-order valence-electron chi connectivity index (χ3n) is 0.973. The molecule has 0 aromatic rings. The minimum atomic E-state index is -3.43. The van der Waals surface area contributed by atoms with E-state index in [4.69, 9.17) is 5.14 Å². The van der Waals surface area contributed by atoms with Crippen LogP contribution in [0.4, 0.5) is 0 Å². The van der Waals surface area contributed by atoms with Gasteiger partial charge in [-0.3, -0.25) is 0 Å². The van der Waals surface area contributed by atoms with Gasteiger partial charge in [0.1, 0.15) is 13.6 Å². The summed E-state index contributed by atoms with van der Waals surface area (Å²) >= 11 is 0. The van der Waals surface area contributed by atoms with Gasteiger partial charge >= 0.3 is 10.2 Å². The smallest absolute Gasteiger partial charge is 0.178 e. The van der Waals surface area contributed by atoms with Gasteiger partial charge in [0, 0.05) is 0 Å². The van der Waals surface area contributed by atoms with E-state index in [0.717, 1.165) is 10.7 Å². The average Bonchev–Trinajstić information content (AvgIpc) is 1.64. The van der Waals surface area contributed by atoms with E-state index in [1.807, 2.05) is 6.92 Å². The Bertz CT molecular complexity index is 163. The number of nitrogens with zero attached hydrogens (tertiary/aromatic N) is 1. The van der Waals surface area contributed by atoms with Gasteiger partial charge in [-0.2, -0.15) is 13.6 Å². The van der Waals surface area contributed by atoms with Gasteiger partial charge in [-0.15, -0.1) is 0 Å². The van der Waals surface area contributed by atoms with E-state index in [2.05, 4.69) is 0 Å². The first-order valence-electron chi connectivity index (χ1n) is 2.72. The molecule has 0 aliphatic rings. The molecular weight excluding hydrogens is 140 g/mol. The third-order valence-corrected chi connectivity index (χ3v) is 2.02. The van der Waals surface area contributed by atoms with E-state index in [1.165, 1.54) is 7.05 Å². The zero-order valence-corrected chi connectivity index (χ0v) is 6.48. The van der Waals surface area contributed by atoms with Crippen molar-refractivity contribution in [1.82, 2.24) is 4.31 Å². The fourth-order valence-corrected chi connectivity index (χ4v) is 0.879. The Balaban J connectivity index is 3.90. The maximum atomic E-state index is 10.4. The molecule has 0 spiro atoms. The first-order valence-corrected chi connectivity index (χ1v) is 4.23. The van der Waals surface area contributed by atoms with Crippen LogP contribution < -0.4 is 9.44 Å². The molecule has 0 fully saturated rings. The van der Waals surface area contributed by atoms with Crippen LogP contribution in [0, 0.1) is 0 Å². The van der Waals surface area contributed by atoms with Gasteiger partial charge in [-0.05, 0) is 10.7 Å². The number of nitrogens with two attached hydrogens (primary N) is 1. The minimum absolute atomic E-state index is 0.485. The van der Waals surface area contributed by atoms with Gasteiger partial charge in [0.2, 0.25) is 0 Å². The zero-order valence-electron chi connectivity index (χ0n) is 5.66. The van der Waals surface area contributed by atoms with Crippen molar-refractivity contribution in [2.24, 2.45) is 5.14 Å². The molecule has 0 aliphatic heterocycles. The fraction of sp³-hybridized carbons (Fsp3) is 1.00. The third kappa shape index (κ3) is 3.45. The first kappa shape index (κ1) is 8.87. The fourth-order valence-electron chi connectivity index (χ4n) is 0.442. The van der Waals surface area contributed by atoms with Crippen molar-refractivity contribution in [2.45, 2.75) is 13.3 Å². The van der Waals surface area contributed by atoms with E-state index in [1.54, 1.807) is 0 Å². The zero-order chi connectivity index (χ0) is 7.49. The van der Waals surface area contributed by atoms with Crippen molar-refractivity contribution in [3.8, 4) is 0 Å². The lowest BCUT2D eigenvalue weighted by Gasteiger charge is -1.98. The molecule has 0 aliphatic carbocycles. The maximum Gasteiger partial charge on any atom is 0.412 e. The van der Waals surface area contributed by atoms with Gasteiger partial charge in [0.25, 0.3) is 0 Å². The standard InChI is InChI=1S/C4H12N2O2S/c1-3-4-6(2)9(5,7)8/h3-4H2,1-2H3,(H2,5,7,8)/q+1. The molecule has 0 bridgehead atoms. The van der Waals surface area contributed by atoms with E-state index >= 15 is 0 Å². The average molecular weight is 152 g/mol. The van der Waals surface area contributed by atoms with Crippen molar-refractivity contribution in [3.63, 3.8) is 0 Å². The Labute approximate surface area is 55.8 Å². The van der Waals surface area contributed by atoms with Crippen LogP contribution in [-0.4, -0.2) is 22.0 Å². The Morgan fingerprint density at radius 1 is 1.56 bits per heavy atom. The molecule has 2 N–H and O–H groups in total. The number of hydrogen-bond acceptors (Lipinski definition) is 2. The summed E-state index contributed by atoms with van der Waals surface area (Å²) in [4.78, 5) is 0. The Morgan fingerprint density at radius 3 is 2.11 bits per heavy atom. The van der Waals surface area contributed by atoms with Crippen molar-refractivity contribution in [1.29, 1.82) is 0 Å². The van der Waals surface area contributed by atoms with E-state index in [-0.39, 0.29) is 0 Å². The molecule has 0 unspecified atom stereocenters. The monoisotopic (exact) mass is 152 g/mol. The number of hydrogen-bond donors (Lipinski definition) is 1. The molecular formula is C4H12N2O2S+. The van der Waals surface area contributed by atoms with Crippen LogP contribution in [0.25, 0.3) is 0 Å². The van der Waals surface area contributed by atoms with Crippen molar-refractivity contribution < 1.29 is 8.42 Å². The molecule has 5 heteroatoms. The second-order valence-electron chi connectivity index (χ2n) is 1.87. The quantitative estimate of drug-likeness (QED) is 0.547. The lowest BCUT2D eigenvalue weighted by Crippen LogP contribution is -2.38. The van der Waals surface area contributed by atoms with Crippen LogP contribution in [0.5, 0.6) is 0 Å². The molecule has 4 nitrogen and oxygen atoms in total. The van der Waals surface area contributed by atoms with Crippen LogP contribution in [-0.2, 0) is 10.2 Å². The minimum Gasteiger partial charge on any atom is -0.178 e. The van der Waals surface area contributed by atoms with Gasteiger partial charge in [0.05, 0.1) is 0 Å². The summed E-state index contributed by atoms with van der Waals surface area (Å²) < 4.78 is 22.0. The summed E-state index contributed by atoms with van der Waals surface area (Å²) in [6.07, 6.45) is 0.785. The Hall–Kier alpha value is -0.130. The topological polar surface area (TPSA) is 66.1 Å². The van der Waals surface area contributed by atoms with E-state index < -0.39 is 10.2 Å². The van der Waals surface area contributed by atoms with Crippen LogP contribution in [0.15, 0.2) is 0 Å². The molecule has 0 aromatic carbocycles. The summed E-state index contributed by atoms with van der Waals surface area (Å²) in [5, 5.41) is 4.76. The largest absolute Gasteiger partial charge is 0.412 e. The van der Waals surface area contributed by atoms with Gasteiger partial charge < -0.3 is 0 Å². The summed E-state index contributed by atoms with van der Waals surface area (Å²) in [6, 6.07) is 0. The highest BCUT2D eigenvalue weighted by atomic mass is 32.2. The van der Waals surface area contributed by atoms with Gasteiger partial charge in [0.15, 0.2) is 0 Å². The predicted octanol–water partition coefficient (Wildman–Crippen LogP) is -0.630. The first-order chi connectivity index (χ1) is 3.98. The molecule has 55 valence electrons. The Kier molecular flexibility index (Phi) is 3.10. The molecule has 9 heavy (non-hydrogen) atoms. The van der Waals surface area contributed by atoms with E-state index in [0.29, 0.717) is 6.54 Å². The summed E-state index contributed by atoms with van der Waals surface area (Å²) in [6.45, 7) is 2.38. The van der Waals surface area contributed by atoms with Gasteiger partial charge in [-0.1, -0.05) is 6.92 Å². The van der Waals surface area contributed by atoms with Crippen LogP contribution >= 0.6 is 0 Å². The number of rotatable bonds is 3. The van der Waals surface area contributed by atoms with Crippen LogP contribution in [0.3, 0.4) is 0 Å². The molecule has 0 aromatic heterocycles. The predicted molar refractivity (Wildman–Crippen MR) is 36.3 cm³/mol. The van der Waals surface area contributed by atoms with Crippen LogP contribution in [0.2, 0.25) is 0 Å². The SMILES string of the molecule is CCC[N+](C)S(N)(=O)=O. The second kappa shape index (κ2) is 3.14. The van der Waals surface area contributed by atoms with Crippen molar-refractivity contribution in [2.75, 3.05) is 13.6 Å². The molecule has 0 saturated carbocycles. The van der Waals surface area contributed by atoms with Crippen molar-refractivity contribution in [3.05, 3.63) is 0 Å². The molecule has 0 saturated heterocycles.